The summed E-state index contributed by atoms with van der Waals surface area (Å²) in [4.78, 5) is 13.9. The van der Waals surface area contributed by atoms with Crippen LogP contribution in [0.2, 0.25) is 10.0 Å². The Labute approximate surface area is 123 Å². The molecule has 1 aromatic carbocycles. The van der Waals surface area contributed by atoms with Gasteiger partial charge in [-0.1, -0.05) is 36.2 Å². The minimum absolute atomic E-state index is 0.120. The highest BCUT2D eigenvalue weighted by Gasteiger charge is 2.12. The van der Waals surface area contributed by atoms with Crippen LogP contribution in [-0.4, -0.2) is 42.2 Å². The molecular formula is C13H18Cl2N2O2. The van der Waals surface area contributed by atoms with E-state index in [1.807, 2.05) is 11.8 Å². The summed E-state index contributed by atoms with van der Waals surface area (Å²) in [6.45, 7) is 3.75. The van der Waals surface area contributed by atoms with Crippen LogP contribution < -0.4 is 5.32 Å². The smallest absolute Gasteiger partial charge is 0.238 e. The van der Waals surface area contributed by atoms with Gasteiger partial charge in [0.25, 0.3) is 0 Å². The van der Waals surface area contributed by atoms with Crippen LogP contribution in [0.1, 0.15) is 13.3 Å². The van der Waals surface area contributed by atoms with Crippen molar-refractivity contribution in [2.45, 2.75) is 13.3 Å². The number of hydrogen-bond donors (Lipinski definition) is 2. The average Bonchev–Trinajstić information content (AvgIpc) is 2.39. The molecule has 0 aliphatic heterocycles. The quantitative estimate of drug-likeness (QED) is 0.814. The molecular weight excluding hydrogens is 287 g/mol. The molecule has 0 saturated heterocycles. The zero-order valence-corrected chi connectivity index (χ0v) is 12.3. The summed E-state index contributed by atoms with van der Waals surface area (Å²) >= 11 is 12.0. The third kappa shape index (κ3) is 5.37. The molecule has 19 heavy (non-hydrogen) atoms. The van der Waals surface area contributed by atoms with Crippen LogP contribution in [0.15, 0.2) is 18.2 Å². The molecule has 0 radical (unpaired) electrons. The fraction of sp³-hybridized carbons (Fsp3) is 0.462. The second-order valence-corrected chi connectivity index (χ2v) is 4.91. The van der Waals surface area contributed by atoms with Crippen molar-refractivity contribution in [1.29, 1.82) is 0 Å². The predicted molar refractivity (Wildman–Crippen MR) is 78.9 cm³/mol. The van der Waals surface area contributed by atoms with E-state index in [-0.39, 0.29) is 19.1 Å². The summed E-state index contributed by atoms with van der Waals surface area (Å²) < 4.78 is 0. The van der Waals surface area contributed by atoms with E-state index < -0.39 is 0 Å². The van der Waals surface area contributed by atoms with Crippen LogP contribution in [0.5, 0.6) is 0 Å². The molecule has 0 heterocycles. The Hall–Kier alpha value is -0.810. The van der Waals surface area contributed by atoms with Gasteiger partial charge in [-0.05, 0) is 25.1 Å². The van der Waals surface area contributed by atoms with Crippen LogP contribution in [0, 0.1) is 0 Å². The third-order valence-electron chi connectivity index (χ3n) is 2.67. The first-order valence-electron chi connectivity index (χ1n) is 6.15. The zero-order chi connectivity index (χ0) is 14.3. The standard InChI is InChI=1S/C13H18Cl2N2O2/c1-2-17(7-4-8-18)9-12(19)16-13-10(14)5-3-6-11(13)15/h3,5-6,18H,2,4,7-9H2,1H3,(H,16,19). The SMILES string of the molecule is CCN(CCCO)CC(=O)Nc1c(Cl)cccc1Cl. The molecule has 1 aromatic rings. The summed E-state index contributed by atoms with van der Waals surface area (Å²) in [5.74, 6) is -0.171. The van der Waals surface area contributed by atoms with Crippen molar-refractivity contribution in [2.75, 3.05) is 31.6 Å². The first-order valence-corrected chi connectivity index (χ1v) is 6.91. The van der Waals surface area contributed by atoms with Crippen molar-refractivity contribution >= 4 is 34.8 Å². The minimum atomic E-state index is -0.171. The number of rotatable bonds is 7. The van der Waals surface area contributed by atoms with E-state index in [1.54, 1.807) is 18.2 Å². The summed E-state index contributed by atoms with van der Waals surface area (Å²) in [6.07, 6.45) is 0.647. The van der Waals surface area contributed by atoms with Gasteiger partial charge in [-0.15, -0.1) is 0 Å². The van der Waals surface area contributed by atoms with Crippen LogP contribution in [0.3, 0.4) is 0 Å². The van der Waals surface area contributed by atoms with Crippen molar-refractivity contribution in [2.24, 2.45) is 0 Å². The lowest BCUT2D eigenvalue weighted by Crippen LogP contribution is -2.34. The van der Waals surface area contributed by atoms with Gasteiger partial charge in [-0.3, -0.25) is 9.69 Å². The van der Waals surface area contributed by atoms with Crippen LogP contribution in [-0.2, 0) is 4.79 Å². The monoisotopic (exact) mass is 304 g/mol. The number of carbonyl (C=O) groups excluding carboxylic acids is 1. The molecule has 0 bridgehead atoms. The number of nitrogens with one attached hydrogen (secondary N) is 1. The lowest BCUT2D eigenvalue weighted by atomic mass is 10.3. The number of anilines is 1. The van der Waals surface area contributed by atoms with Crippen molar-refractivity contribution in [3.8, 4) is 0 Å². The molecule has 106 valence electrons. The van der Waals surface area contributed by atoms with Crippen molar-refractivity contribution in [3.63, 3.8) is 0 Å². The van der Waals surface area contributed by atoms with Gasteiger partial charge in [0.1, 0.15) is 0 Å². The zero-order valence-electron chi connectivity index (χ0n) is 10.8. The van der Waals surface area contributed by atoms with E-state index in [0.29, 0.717) is 28.7 Å². The number of para-hydroxylation sites is 1. The van der Waals surface area contributed by atoms with E-state index >= 15 is 0 Å². The maximum atomic E-state index is 11.9. The predicted octanol–water partition coefficient (Wildman–Crippen LogP) is 2.64. The molecule has 0 saturated carbocycles. The second kappa shape index (κ2) is 8.38. The lowest BCUT2D eigenvalue weighted by molar-refractivity contribution is -0.117. The molecule has 0 atom stereocenters. The van der Waals surface area contributed by atoms with Gasteiger partial charge in [0.15, 0.2) is 0 Å². The van der Waals surface area contributed by atoms with Gasteiger partial charge in [0.05, 0.1) is 22.3 Å². The first kappa shape index (κ1) is 16.2. The molecule has 4 nitrogen and oxygen atoms in total. The average molecular weight is 305 g/mol. The molecule has 0 unspecified atom stereocenters. The second-order valence-electron chi connectivity index (χ2n) is 4.09. The Kier molecular flexibility index (Phi) is 7.16. The molecule has 0 spiro atoms. The summed E-state index contributed by atoms with van der Waals surface area (Å²) in [7, 11) is 0. The van der Waals surface area contributed by atoms with E-state index in [9.17, 15) is 4.79 Å². The molecule has 1 rings (SSSR count). The number of aliphatic hydroxyl groups is 1. The van der Waals surface area contributed by atoms with Gasteiger partial charge in [-0.2, -0.15) is 0 Å². The number of hydrogen-bond acceptors (Lipinski definition) is 3. The molecule has 0 aliphatic rings. The largest absolute Gasteiger partial charge is 0.396 e. The third-order valence-corrected chi connectivity index (χ3v) is 3.30. The maximum Gasteiger partial charge on any atom is 0.238 e. The van der Waals surface area contributed by atoms with E-state index in [0.717, 1.165) is 6.54 Å². The van der Waals surface area contributed by atoms with Gasteiger partial charge >= 0.3 is 0 Å². The van der Waals surface area contributed by atoms with Crippen LogP contribution in [0.25, 0.3) is 0 Å². The Balaban J connectivity index is 2.59. The molecule has 2 N–H and O–H groups in total. The maximum absolute atomic E-state index is 11.9. The Morgan fingerprint density at radius 3 is 2.53 bits per heavy atom. The van der Waals surface area contributed by atoms with Crippen molar-refractivity contribution < 1.29 is 9.90 Å². The molecule has 0 fully saturated rings. The lowest BCUT2D eigenvalue weighted by Gasteiger charge is -2.19. The Bertz CT molecular complexity index is 407. The number of halogens is 2. The van der Waals surface area contributed by atoms with Crippen LogP contribution in [0.4, 0.5) is 5.69 Å². The van der Waals surface area contributed by atoms with E-state index in [2.05, 4.69) is 5.32 Å². The van der Waals surface area contributed by atoms with Crippen LogP contribution >= 0.6 is 23.2 Å². The van der Waals surface area contributed by atoms with E-state index in [1.165, 1.54) is 0 Å². The summed E-state index contributed by atoms with van der Waals surface area (Å²) in [5.41, 5.74) is 0.439. The number of likely N-dealkylation sites (N-methyl/N-ethyl adjacent to an activating group) is 1. The molecule has 0 aromatic heterocycles. The van der Waals surface area contributed by atoms with Crippen molar-refractivity contribution in [1.82, 2.24) is 4.90 Å². The normalized spacial score (nSPS) is 10.8. The number of nitrogens with zero attached hydrogens (tertiary/aromatic N) is 1. The fourth-order valence-corrected chi connectivity index (χ4v) is 2.13. The first-order chi connectivity index (χ1) is 9.08. The highest BCUT2D eigenvalue weighted by atomic mass is 35.5. The molecule has 1 amide bonds. The van der Waals surface area contributed by atoms with Gasteiger partial charge in [0.2, 0.25) is 5.91 Å². The van der Waals surface area contributed by atoms with Gasteiger partial charge < -0.3 is 10.4 Å². The summed E-state index contributed by atoms with van der Waals surface area (Å²) in [6, 6.07) is 5.07. The number of carbonyl (C=O) groups is 1. The van der Waals surface area contributed by atoms with E-state index in [4.69, 9.17) is 28.3 Å². The highest BCUT2D eigenvalue weighted by Crippen LogP contribution is 2.29. The topological polar surface area (TPSA) is 52.6 Å². The number of amides is 1. The highest BCUT2D eigenvalue weighted by molar-refractivity contribution is 6.39. The fourth-order valence-electron chi connectivity index (χ4n) is 1.64. The van der Waals surface area contributed by atoms with Gasteiger partial charge in [0, 0.05) is 13.2 Å². The Morgan fingerprint density at radius 1 is 1.37 bits per heavy atom. The van der Waals surface area contributed by atoms with Crippen molar-refractivity contribution in [3.05, 3.63) is 28.2 Å². The molecule has 0 aliphatic carbocycles. The minimum Gasteiger partial charge on any atom is -0.396 e. The molecule has 6 heteroatoms. The van der Waals surface area contributed by atoms with Gasteiger partial charge in [-0.25, -0.2) is 0 Å². The number of aliphatic hydroxyl groups excluding tert-OH is 1. The summed E-state index contributed by atoms with van der Waals surface area (Å²) in [5, 5.41) is 12.3. The number of benzene rings is 1. The Morgan fingerprint density at radius 2 is 2.00 bits per heavy atom.